The second-order valence-corrected chi connectivity index (χ2v) is 29.6. The first kappa shape index (κ1) is 89.1. The van der Waals surface area contributed by atoms with Crippen LogP contribution in [0.3, 0.4) is 0 Å². The second kappa shape index (κ2) is 62.8. The fraction of sp³-hybridized carbons (Fsp3) is 0.944. The van der Waals surface area contributed by atoms with Crippen molar-refractivity contribution in [3.05, 3.63) is 0 Å². The highest BCUT2D eigenvalue weighted by Crippen LogP contribution is 2.45. The van der Waals surface area contributed by atoms with Gasteiger partial charge in [0, 0.05) is 25.7 Å². The maximum absolute atomic E-state index is 13.0. The average molecular weight is 1340 g/mol. The number of aliphatic hydroxyl groups excluding tert-OH is 1. The minimum Gasteiger partial charge on any atom is -0.462 e. The summed E-state index contributed by atoms with van der Waals surface area (Å²) in [5.74, 6) is 0.226. The van der Waals surface area contributed by atoms with Gasteiger partial charge >= 0.3 is 39.5 Å². The number of unbranched alkanes of at least 4 members (excludes halogenated alkanes) is 35. The van der Waals surface area contributed by atoms with E-state index in [2.05, 4.69) is 48.5 Å². The van der Waals surface area contributed by atoms with Crippen molar-refractivity contribution in [3.8, 4) is 0 Å². The quantitative estimate of drug-likeness (QED) is 0.0222. The smallest absolute Gasteiger partial charge is 0.462 e. The van der Waals surface area contributed by atoms with E-state index in [0.717, 1.165) is 108 Å². The van der Waals surface area contributed by atoms with Crippen molar-refractivity contribution in [3.63, 3.8) is 0 Å². The molecule has 540 valence electrons. The molecule has 0 rings (SSSR count). The molecule has 0 spiro atoms. The molecule has 3 N–H and O–H groups in total. The van der Waals surface area contributed by atoms with E-state index < -0.39 is 97.5 Å². The fourth-order valence-corrected chi connectivity index (χ4v) is 12.4. The molecule has 0 aromatic carbocycles. The molecular formula is C72H140O17P2. The van der Waals surface area contributed by atoms with E-state index in [0.29, 0.717) is 25.7 Å². The summed E-state index contributed by atoms with van der Waals surface area (Å²) in [4.78, 5) is 72.7. The Kier molecular flexibility index (Phi) is 61.5. The number of hydrogen-bond donors (Lipinski definition) is 3. The molecule has 0 fully saturated rings. The van der Waals surface area contributed by atoms with Gasteiger partial charge in [0.25, 0.3) is 0 Å². The number of ether oxygens (including phenoxy) is 4. The molecule has 0 saturated heterocycles. The van der Waals surface area contributed by atoms with Gasteiger partial charge in [0.05, 0.1) is 26.4 Å². The normalized spacial score (nSPS) is 15.1. The van der Waals surface area contributed by atoms with Crippen LogP contribution < -0.4 is 0 Å². The minimum absolute atomic E-state index is 0.104. The van der Waals surface area contributed by atoms with E-state index in [4.69, 9.17) is 37.0 Å². The van der Waals surface area contributed by atoms with Crippen LogP contribution in [0.1, 0.15) is 363 Å². The number of phosphoric ester groups is 2. The van der Waals surface area contributed by atoms with E-state index in [9.17, 15) is 43.2 Å². The van der Waals surface area contributed by atoms with Crippen LogP contribution >= 0.6 is 15.6 Å². The Morgan fingerprint density at radius 3 is 0.780 bits per heavy atom. The van der Waals surface area contributed by atoms with Gasteiger partial charge in [-0.15, -0.1) is 0 Å². The summed E-state index contributed by atoms with van der Waals surface area (Å²) < 4.78 is 68.4. The molecule has 91 heavy (non-hydrogen) atoms. The molecule has 0 aromatic rings. The Morgan fingerprint density at radius 1 is 0.308 bits per heavy atom. The number of esters is 4. The number of carbonyl (C=O) groups excluding carboxylic acids is 4. The van der Waals surface area contributed by atoms with Crippen molar-refractivity contribution < 1.29 is 80.2 Å². The highest BCUT2D eigenvalue weighted by Gasteiger charge is 2.30. The highest BCUT2D eigenvalue weighted by atomic mass is 31.2. The SMILES string of the molecule is CCCCCCCCCCCCCCCC(=O)OC[C@H](COP(=O)(O)OC[C@@H](O)COP(=O)(O)OC[C@@H](COC(=O)CCCCCCCCCCC(C)CC)OC(=O)CCCCCCCCCCC(C)CC)OC(=O)CCCCCCCCCCCCC(C)CC. The first-order chi connectivity index (χ1) is 43.8. The predicted octanol–water partition coefficient (Wildman–Crippen LogP) is 20.6. The van der Waals surface area contributed by atoms with Crippen molar-refractivity contribution in [2.24, 2.45) is 17.8 Å². The van der Waals surface area contributed by atoms with Crippen LogP contribution in [0.2, 0.25) is 0 Å². The van der Waals surface area contributed by atoms with Gasteiger partial charge in [-0.1, -0.05) is 312 Å². The molecule has 19 heteroatoms. The Balaban J connectivity index is 5.28. The Hall–Kier alpha value is -1.94. The highest BCUT2D eigenvalue weighted by molar-refractivity contribution is 7.47. The minimum atomic E-state index is -4.95. The van der Waals surface area contributed by atoms with E-state index in [1.165, 1.54) is 173 Å². The fourth-order valence-electron chi connectivity index (χ4n) is 10.8. The molecule has 8 atom stereocenters. The molecule has 0 aliphatic heterocycles. The largest absolute Gasteiger partial charge is 0.472 e. The molecular weight excluding hydrogens is 1200 g/mol. The summed E-state index contributed by atoms with van der Waals surface area (Å²) in [5.41, 5.74) is 0. The lowest BCUT2D eigenvalue weighted by atomic mass is 9.99. The van der Waals surface area contributed by atoms with Gasteiger partial charge in [-0.25, -0.2) is 9.13 Å². The van der Waals surface area contributed by atoms with E-state index >= 15 is 0 Å². The lowest BCUT2D eigenvalue weighted by Gasteiger charge is -2.21. The lowest BCUT2D eigenvalue weighted by Crippen LogP contribution is -2.30. The predicted molar refractivity (Wildman–Crippen MR) is 368 cm³/mol. The Morgan fingerprint density at radius 2 is 0.527 bits per heavy atom. The Bertz CT molecular complexity index is 1790. The number of hydrogen-bond acceptors (Lipinski definition) is 15. The Labute approximate surface area is 556 Å². The molecule has 0 bridgehead atoms. The van der Waals surface area contributed by atoms with Crippen LogP contribution in [0.25, 0.3) is 0 Å². The van der Waals surface area contributed by atoms with Gasteiger partial charge in [0.1, 0.15) is 19.3 Å². The molecule has 17 nitrogen and oxygen atoms in total. The standard InChI is InChI=1S/C72H140O17P2/c1-8-12-13-14-15-16-17-18-19-23-32-39-46-53-69(74)82-59-67(88-71(76)55-48-41-34-24-21-20-22-29-36-43-50-63(5)9-2)61-86-90(78,79)84-57-66(73)58-85-91(80,81)87-62-68(89-72(77)56-49-42-35-28-26-31-38-45-52-65(7)11-4)60-83-70(75)54-47-40-33-27-25-30-37-44-51-64(6)10-3/h63-68,73H,8-62H2,1-7H3,(H,78,79)(H,80,81)/t63?,64?,65?,66-,67-,68-/m1/s1. The van der Waals surface area contributed by atoms with Crippen LogP contribution in [0.15, 0.2) is 0 Å². The summed E-state index contributed by atoms with van der Waals surface area (Å²) in [7, 11) is -9.91. The topological polar surface area (TPSA) is 237 Å². The summed E-state index contributed by atoms with van der Waals surface area (Å²) in [6.07, 6.45) is 46.9. The van der Waals surface area contributed by atoms with E-state index in [1.54, 1.807) is 0 Å². The molecule has 5 unspecified atom stereocenters. The maximum Gasteiger partial charge on any atom is 0.472 e. The maximum atomic E-state index is 13.0. The third-order valence-corrected chi connectivity index (χ3v) is 19.6. The lowest BCUT2D eigenvalue weighted by molar-refractivity contribution is -0.161. The van der Waals surface area contributed by atoms with Gasteiger partial charge in [-0.3, -0.25) is 37.3 Å². The molecule has 0 heterocycles. The van der Waals surface area contributed by atoms with Crippen LogP contribution in [0.4, 0.5) is 0 Å². The van der Waals surface area contributed by atoms with Crippen molar-refractivity contribution in [2.75, 3.05) is 39.6 Å². The number of aliphatic hydroxyl groups is 1. The monoisotopic (exact) mass is 1340 g/mol. The molecule has 0 amide bonds. The summed E-state index contributed by atoms with van der Waals surface area (Å²) in [6, 6.07) is 0. The average Bonchev–Trinajstić information content (AvgIpc) is 3.69. The zero-order valence-electron chi connectivity index (χ0n) is 59.3. The zero-order chi connectivity index (χ0) is 67.3. The number of phosphoric acid groups is 2. The van der Waals surface area contributed by atoms with Crippen molar-refractivity contribution in [1.29, 1.82) is 0 Å². The van der Waals surface area contributed by atoms with Crippen LogP contribution in [-0.4, -0.2) is 96.7 Å². The van der Waals surface area contributed by atoms with Crippen LogP contribution in [0, 0.1) is 17.8 Å². The molecule has 0 radical (unpaired) electrons. The third kappa shape index (κ3) is 62.6. The van der Waals surface area contributed by atoms with E-state index in [1.807, 2.05) is 0 Å². The van der Waals surface area contributed by atoms with Gasteiger partial charge in [0.2, 0.25) is 0 Å². The number of carbonyl (C=O) groups is 4. The first-order valence-electron chi connectivity index (χ1n) is 37.5. The second-order valence-electron chi connectivity index (χ2n) is 26.7. The number of rotatable bonds is 70. The van der Waals surface area contributed by atoms with Gasteiger partial charge in [-0.05, 0) is 43.4 Å². The van der Waals surface area contributed by atoms with Gasteiger partial charge < -0.3 is 33.8 Å². The first-order valence-corrected chi connectivity index (χ1v) is 40.5. The zero-order valence-corrected chi connectivity index (χ0v) is 61.1. The molecule has 0 aliphatic rings. The third-order valence-electron chi connectivity index (χ3n) is 17.7. The van der Waals surface area contributed by atoms with Crippen LogP contribution in [-0.2, 0) is 65.4 Å². The van der Waals surface area contributed by atoms with Crippen LogP contribution in [0.5, 0.6) is 0 Å². The molecule has 0 aromatic heterocycles. The van der Waals surface area contributed by atoms with Crippen molar-refractivity contribution in [2.45, 2.75) is 381 Å². The van der Waals surface area contributed by atoms with Crippen molar-refractivity contribution in [1.82, 2.24) is 0 Å². The van der Waals surface area contributed by atoms with Gasteiger partial charge in [0.15, 0.2) is 12.2 Å². The van der Waals surface area contributed by atoms with Crippen molar-refractivity contribution >= 4 is 39.5 Å². The molecule has 0 aliphatic carbocycles. The summed E-state index contributed by atoms with van der Waals surface area (Å²) in [6.45, 7) is 11.9. The molecule has 0 saturated carbocycles. The summed E-state index contributed by atoms with van der Waals surface area (Å²) >= 11 is 0. The van der Waals surface area contributed by atoms with E-state index in [-0.39, 0.29) is 25.7 Å². The summed E-state index contributed by atoms with van der Waals surface area (Å²) in [5, 5.41) is 10.6. The van der Waals surface area contributed by atoms with Gasteiger partial charge in [-0.2, -0.15) is 0 Å².